The number of methoxy groups -OCH3 is 1. The molecule has 0 bridgehead atoms. The summed E-state index contributed by atoms with van der Waals surface area (Å²) in [6.45, 7) is 1.57. The molecule has 13 heteroatoms. The molecule has 0 spiro atoms. The molecule has 1 aliphatic heterocycles. The number of nitrogens with zero attached hydrogens (tertiary/aromatic N) is 1. The van der Waals surface area contributed by atoms with E-state index in [9.17, 15) is 21.6 Å². The maximum absolute atomic E-state index is 13.1. The van der Waals surface area contributed by atoms with Crippen molar-refractivity contribution in [2.45, 2.75) is 9.79 Å². The highest BCUT2D eigenvalue weighted by atomic mass is 35.5. The van der Waals surface area contributed by atoms with E-state index in [4.69, 9.17) is 21.1 Å². The van der Waals surface area contributed by atoms with E-state index in [1.165, 1.54) is 55.6 Å². The van der Waals surface area contributed by atoms with Crippen molar-refractivity contribution in [3.63, 3.8) is 0 Å². The van der Waals surface area contributed by atoms with Gasteiger partial charge >= 0.3 is 0 Å². The monoisotopic (exact) mass is 565 g/mol. The number of ether oxygens (including phenoxy) is 2. The van der Waals surface area contributed by atoms with Crippen LogP contribution in [0.25, 0.3) is 0 Å². The van der Waals surface area contributed by atoms with Crippen LogP contribution in [-0.4, -0.2) is 61.1 Å². The number of nitrogens with one attached hydrogen (secondary N) is 2. The summed E-state index contributed by atoms with van der Waals surface area (Å²) in [4.78, 5) is 14.3. The van der Waals surface area contributed by atoms with Crippen LogP contribution < -0.4 is 14.2 Å². The van der Waals surface area contributed by atoms with Crippen molar-refractivity contribution in [3.05, 3.63) is 77.3 Å². The Labute approximate surface area is 220 Å². The van der Waals surface area contributed by atoms with Gasteiger partial charge in [0.25, 0.3) is 26.0 Å². The number of morpholine rings is 1. The molecule has 196 valence electrons. The number of anilines is 2. The number of halogens is 1. The molecule has 4 rings (SSSR count). The smallest absolute Gasteiger partial charge is 0.261 e. The van der Waals surface area contributed by atoms with Crippen molar-refractivity contribution >= 4 is 48.9 Å². The summed E-state index contributed by atoms with van der Waals surface area (Å²) in [6, 6.07) is 15.5. The molecular weight excluding hydrogens is 542 g/mol. The summed E-state index contributed by atoms with van der Waals surface area (Å²) in [7, 11) is -6.67. The lowest BCUT2D eigenvalue weighted by Crippen LogP contribution is -2.40. The molecule has 1 aliphatic rings. The lowest BCUT2D eigenvalue weighted by atomic mass is 10.1. The number of hydrogen-bond donors (Lipinski definition) is 2. The third-order valence-electron chi connectivity index (χ3n) is 5.54. The van der Waals surface area contributed by atoms with Crippen LogP contribution in [-0.2, 0) is 24.8 Å². The molecule has 0 radical (unpaired) electrons. The highest BCUT2D eigenvalue weighted by Crippen LogP contribution is 2.27. The Morgan fingerprint density at radius 1 is 0.892 bits per heavy atom. The van der Waals surface area contributed by atoms with Crippen molar-refractivity contribution in [2.24, 2.45) is 0 Å². The van der Waals surface area contributed by atoms with Gasteiger partial charge in [-0.05, 0) is 54.6 Å². The van der Waals surface area contributed by atoms with E-state index >= 15 is 0 Å². The van der Waals surface area contributed by atoms with Crippen LogP contribution in [0.3, 0.4) is 0 Å². The number of rotatable bonds is 8. The molecule has 0 aromatic heterocycles. The highest BCUT2D eigenvalue weighted by Gasteiger charge is 2.25. The minimum atomic E-state index is -4.11. The van der Waals surface area contributed by atoms with Gasteiger partial charge in [0.2, 0.25) is 0 Å². The summed E-state index contributed by atoms with van der Waals surface area (Å²) in [5, 5.41) is 0.237. The second kappa shape index (κ2) is 11.0. The summed E-state index contributed by atoms with van der Waals surface area (Å²) >= 11 is 6.03. The number of hydrogen-bond acceptors (Lipinski definition) is 7. The SMILES string of the molecule is COc1ccc(S(=O)(=O)Nc2ccc(S(=O)(=O)Nc3ccccc3Cl)cc2)cc1C(=O)N1CCOCC1. The molecule has 3 aromatic carbocycles. The number of para-hydroxylation sites is 1. The number of carbonyl (C=O) groups excluding carboxylic acids is 1. The largest absolute Gasteiger partial charge is 0.496 e. The Morgan fingerprint density at radius 2 is 1.51 bits per heavy atom. The molecular formula is C24H24ClN3O7S2. The van der Waals surface area contributed by atoms with E-state index in [0.29, 0.717) is 26.3 Å². The molecule has 1 amide bonds. The average Bonchev–Trinajstić information content (AvgIpc) is 2.89. The Kier molecular flexibility index (Phi) is 7.93. The van der Waals surface area contributed by atoms with E-state index in [-0.39, 0.29) is 43.4 Å². The summed E-state index contributed by atoms with van der Waals surface area (Å²) in [6.07, 6.45) is 0. The molecule has 0 unspecified atom stereocenters. The number of benzene rings is 3. The second-order valence-electron chi connectivity index (χ2n) is 7.98. The third-order valence-corrected chi connectivity index (χ3v) is 8.63. The molecule has 0 atom stereocenters. The Morgan fingerprint density at radius 3 is 2.16 bits per heavy atom. The zero-order chi connectivity index (χ0) is 26.6. The summed E-state index contributed by atoms with van der Waals surface area (Å²) < 4.78 is 66.9. The van der Waals surface area contributed by atoms with Gasteiger partial charge in [-0.2, -0.15) is 0 Å². The first-order valence-corrected chi connectivity index (χ1v) is 14.4. The van der Waals surface area contributed by atoms with Crippen molar-refractivity contribution < 1.29 is 31.1 Å². The molecule has 37 heavy (non-hydrogen) atoms. The van der Waals surface area contributed by atoms with Crippen LogP contribution in [0, 0.1) is 0 Å². The quantitative estimate of drug-likeness (QED) is 0.428. The minimum Gasteiger partial charge on any atom is -0.496 e. The second-order valence-corrected chi connectivity index (χ2v) is 11.8. The zero-order valence-electron chi connectivity index (χ0n) is 19.7. The van der Waals surface area contributed by atoms with Crippen LogP contribution in [0.4, 0.5) is 11.4 Å². The van der Waals surface area contributed by atoms with Gasteiger partial charge in [-0.25, -0.2) is 16.8 Å². The number of sulfonamides is 2. The molecule has 3 aromatic rings. The van der Waals surface area contributed by atoms with Crippen molar-refractivity contribution in [2.75, 3.05) is 42.9 Å². The van der Waals surface area contributed by atoms with Gasteiger partial charge in [-0.1, -0.05) is 23.7 Å². The van der Waals surface area contributed by atoms with Crippen LogP contribution in [0.2, 0.25) is 5.02 Å². The summed E-state index contributed by atoms with van der Waals surface area (Å²) in [5.74, 6) is -0.117. The van der Waals surface area contributed by atoms with E-state index in [1.54, 1.807) is 23.1 Å². The van der Waals surface area contributed by atoms with Crippen molar-refractivity contribution in [1.82, 2.24) is 4.90 Å². The fourth-order valence-corrected chi connectivity index (χ4v) is 6.03. The van der Waals surface area contributed by atoms with Crippen LogP contribution in [0.5, 0.6) is 5.75 Å². The molecule has 0 saturated carbocycles. The summed E-state index contributed by atoms with van der Waals surface area (Å²) in [5.41, 5.74) is 0.462. The molecule has 1 heterocycles. The first kappa shape index (κ1) is 26.7. The van der Waals surface area contributed by atoms with Crippen LogP contribution >= 0.6 is 11.6 Å². The van der Waals surface area contributed by atoms with Gasteiger partial charge in [0.15, 0.2) is 0 Å². The van der Waals surface area contributed by atoms with E-state index in [0.717, 1.165) is 0 Å². The van der Waals surface area contributed by atoms with Crippen molar-refractivity contribution in [3.8, 4) is 5.75 Å². The normalized spacial score (nSPS) is 14.2. The first-order chi connectivity index (χ1) is 17.6. The molecule has 0 aliphatic carbocycles. The zero-order valence-corrected chi connectivity index (χ0v) is 22.1. The number of carbonyl (C=O) groups is 1. The van der Waals surface area contributed by atoms with E-state index in [1.807, 2.05) is 0 Å². The fourth-order valence-electron chi connectivity index (χ4n) is 3.62. The predicted molar refractivity (Wildman–Crippen MR) is 139 cm³/mol. The van der Waals surface area contributed by atoms with E-state index < -0.39 is 20.0 Å². The maximum Gasteiger partial charge on any atom is 0.261 e. The molecule has 1 fully saturated rings. The number of amides is 1. The average molecular weight is 566 g/mol. The topological polar surface area (TPSA) is 131 Å². The maximum atomic E-state index is 13.1. The molecule has 10 nitrogen and oxygen atoms in total. The van der Waals surface area contributed by atoms with Gasteiger partial charge in [0.1, 0.15) is 5.75 Å². The lowest BCUT2D eigenvalue weighted by molar-refractivity contribution is 0.0300. The Balaban J connectivity index is 1.54. The Bertz CT molecular complexity index is 1510. The first-order valence-electron chi connectivity index (χ1n) is 11.1. The lowest BCUT2D eigenvalue weighted by Gasteiger charge is -2.27. The van der Waals surface area contributed by atoms with E-state index in [2.05, 4.69) is 9.44 Å². The van der Waals surface area contributed by atoms with Gasteiger partial charge < -0.3 is 14.4 Å². The predicted octanol–water partition coefficient (Wildman–Crippen LogP) is 3.42. The van der Waals surface area contributed by atoms with Crippen LogP contribution in [0.1, 0.15) is 10.4 Å². The fraction of sp³-hybridized carbons (Fsp3) is 0.208. The van der Waals surface area contributed by atoms with Gasteiger partial charge in [-0.15, -0.1) is 0 Å². The minimum absolute atomic E-state index is 0.0850. The van der Waals surface area contributed by atoms with Gasteiger partial charge in [-0.3, -0.25) is 14.2 Å². The third kappa shape index (κ3) is 6.16. The molecule has 2 N–H and O–H groups in total. The Hall–Kier alpha value is -3.32. The standard InChI is InChI=1S/C24H24ClN3O7S2/c1-34-23-11-10-19(16-20(23)24(29)28-12-14-35-15-13-28)37(32,33)26-17-6-8-18(9-7-17)36(30,31)27-22-5-3-2-4-21(22)25/h2-11,16,26-27H,12-15H2,1H3. The highest BCUT2D eigenvalue weighted by molar-refractivity contribution is 7.93. The van der Waals surface area contributed by atoms with Gasteiger partial charge in [0, 0.05) is 18.8 Å². The van der Waals surface area contributed by atoms with Gasteiger partial charge in [0.05, 0.1) is 46.4 Å². The molecule has 1 saturated heterocycles. The van der Waals surface area contributed by atoms with Crippen molar-refractivity contribution in [1.29, 1.82) is 0 Å². The van der Waals surface area contributed by atoms with Crippen LogP contribution in [0.15, 0.2) is 76.5 Å².